The smallest absolute Gasteiger partial charge is 0.226 e. The summed E-state index contributed by atoms with van der Waals surface area (Å²) >= 11 is 6.32. The van der Waals surface area contributed by atoms with Crippen LogP contribution >= 0.6 is 11.6 Å². The maximum absolute atomic E-state index is 6.45. The van der Waals surface area contributed by atoms with Gasteiger partial charge in [0, 0.05) is 30.5 Å². The van der Waals surface area contributed by atoms with Gasteiger partial charge in [0.1, 0.15) is 11.5 Å². The van der Waals surface area contributed by atoms with Crippen LogP contribution in [0.4, 0.5) is 5.82 Å². The SMILES string of the molecule is Cc1ccc(CCNCCCN(C)CC2CC[C@H](n3cc(-c4ccn(Cc5ccccc5)n4)c4c(N)nc(Cl)nc43)C2)cc1. The molecule has 2 aromatic carbocycles. The Labute approximate surface area is 265 Å². The van der Waals surface area contributed by atoms with E-state index in [0.29, 0.717) is 24.3 Å². The van der Waals surface area contributed by atoms with Crippen molar-refractivity contribution >= 4 is 28.5 Å². The zero-order valence-corrected chi connectivity index (χ0v) is 26.5. The zero-order valence-electron chi connectivity index (χ0n) is 25.8. The first-order chi connectivity index (χ1) is 21.4. The van der Waals surface area contributed by atoms with Crippen molar-refractivity contribution in [2.45, 2.75) is 51.6 Å². The van der Waals surface area contributed by atoms with Crippen molar-refractivity contribution in [1.29, 1.82) is 0 Å². The number of fused-ring (bicyclic) bond motifs is 1. The molecular formula is C35H43ClN8. The zero-order chi connectivity index (χ0) is 30.5. The first-order valence-corrected chi connectivity index (χ1v) is 16.2. The Hall–Kier alpha value is -3.72. The molecule has 2 atom stereocenters. The summed E-state index contributed by atoms with van der Waals surface area (Å²) in [5.74, 6) is 1.04. The normalized spacial score (nSPS) is 16.8. The Morgan fingerprint density at radius 3 is 2.64 bits per heavy atom. The fourth-order valence-corrected chi connectivity index (χ4v) is 6.74. The maximum atomic E-state index is 6.45. The lowest BCUT2D eigenvalue weighted by Gasteiger charge is -2.21. The number of aromatic nitrogens is 5. The largest absolute Gasteiger partial charge is 0.383 e. The van der Waals surface area contributed by atoms with Crippen LogP contribution in [0.25, 0.3) is 22.3 Å². The van der Waals surface area contributed by atoms with Gasteiger partial charge in [-0.15, -0.1) is 0 Å². The fourth-order valence-electron chi connectivity index (χ4n) is 6.57. The summed E-state index contributed by atoms with van der Waals surface area (Å²) in [4.78, 5) is 11.4. The summed E-state index contributed by atoms with van der Waals surface area (Å²) in [6.07, 6.45) is 9.81. The van der Waals surface area contributed by atoms with E-state index in [1.165, 1.54) is 23.1 Å². The molecule has 3 N–H and O–H groups in total. The number of anilines is 1. The topological polar surface area (TPSA) is 89.8 Å². The lowest BCUT2D eigenvalue weighted by molar-refractivity contribution is 0.270. The number of hydrogen-bond donors (Lipinski definition) is 2. The Bertz CT molecular complexity index is 1660. The summed E-state index contributed by atoms with van der Waals surface area (Å²) in [7, 11) is 2.25. The van der Waals surface area contributed by atoms with Crippen LogP contribution in [0.2, 0.25) is 5.28 Å². The van der Waals surface area contributed by atoms with Crippen molar-refractivity contribution in [3.63, 3.8) is 0 Å². The van der Waals surface area contributed by atoms with Gasteiger partial charge in [-0.2, -0.15) is 10.1 Å². The molecule has 44 heavy (non-hydrogen) atoms. The third kappa shape index (κ3) is 7.32. The van der Waals surface area contributed by atoms with E-state index in [-0.39, 0.29) is 5.28 Å². The van der Waals surface area contributed by atoms with E-state index in [1.807, 2.05) is 35.1 Å². The third-order valence-electron chi connectivity index (χ3n) is 8.86. The Morgan fingerprint density at radius 2 is 1.82 bits per heavy atom. The molecule has 1 aliphatic carbocycles. The van der Waals surface area contributed by atoms with Gasteiger partial charge in [-0.1, -0.05) is 60.2 Å². The maximum Gasteiger partial charge on any atom is 0.226 e. The van der Waals surface area contributed by atoms with Crippen LogP contribution in [0.5, 0.6) is 0 Å². The molecule has 6 rings (SSSR count). The van der Waals surface area contributed by atoms with Crippen LogP contribution in [-0.4, -0.2) is 62.4 Å². The lowest BCUT2D eigenvalue weighted by atomic mass is 10.1. The summed E-state index contributed by atoms with van der Waals surface area (Å²) in [5.41, 5.74) is 13.0. The number of halogens is 1. The Balaban J connectivity index is 1.05. The molecule has 9 heteroatoms. The Morgan fingerprint density at radius 1 is 1.00 bits per heavy atom. The van der Waals surface area contributed by atoms with E-state index in [0.717, 1.165) is 74.2 Å². The van der Waals surface area contributed by atoms with Crippen molar-refractivity contribution in [1.82, 2.24) is 34.5 Å². The molecule has 1 aliphatic rings. The Kier molecular flexibility index (Phi) is 9.60. The van der Waals surface area contributed by atoms with Crippen LogP contribution in [0, 0.1) is 12.8 Å². The van der Waals surface area contributed by atoms with Crippen LogP contribution in [-0.2, 0) is 13.0 Å². The van der Waals surface area contributed by atoms with Crippen LogP contribution in [0.3, 0.4) is 0 Å². The molecule has 0 spiro atoms. The molecule has 0 saturated heterocycles. The second-order valence-corrected chi connectivity index (χ2v) is 12.7. The average molecular weight is 611 g/mol. The predicted octanol–water partition coefficient (Wildman–Crippen LogP) is 6.38. The molecule has 0 bridgehead atoms. The standard InChI is InChI=1S/C35H43ClN8/c1-25-9-11-26(12-10-25)15-18-38-17-6-19-42(2)22-28-13-14-29(21-28)44-24-30(32-33(37)39-35(36)40-34(32)44)31-16-20-43(41-31)23-27-7-4-3-5-8-27/h3-5,7-12,16,20,24,28-29,38H,6,13-15,17-19,21-23H2,1-2H3,(H2,37,39,40)/t28?,29-/m0/s1. The summed E-state index contributed by atoms with van der Waals surface area (Å²) < 4.78 is 4.24. The molecule has 0 radical (unpaired) electrons. The van der Waals surface area contributed by atoms with E-state index in [1.54, 1.807) is 0 Å². The fraction of sp³-hybridized carbons (Fsp3) is 0.400. The van der Waals surface area contributed by atoms with E-state index in [2.05, 4.69) is 81.3 Å². The number of benzene rings is 2. The van der Waals surface area contributed by atoms with Gasteiger partial charge < -0.3 is 20.5 Å². The minimum absolute atomic E-state index is 0.178. The van der Waals surface area contributed by atoms with Crippen molar-refractivity contribution < 1.29 is 0 Å². The van der Waals surface area contributed by atoms with E-state index < -0.39 is 0 Å². The van der Waals surface area contributed by atoms with Gasteiger partial charge in [-0.25, -0.2) is 4.98 Å². The molecule has 0 aliphatic heterocycles. The number of nitrogens with zero attached hydrogens (tertiary/aromatic N) is 6. The highest BCUT2D eigenvalue weighted by atomic mass is 35.5. The number of rotatable bonds is 13. The molecule has 230 valence electrons. The van der Waals surface area contributed by atoms with Crippen molar-refractivity contribution in [3.8, 4) is 11.3 Å². The van der Waals surface area contributed by atoms with Crippen LogP contribution in [0.15, 0.2) is 73.1 Å². The predicted molar refractivity (Wildman–Crippen MR) is 180 cm³/mol. The average Bonchev–Trinajstić information content (AvgIpc) is 3.75. The molecule has 5 aromatic rings. The van der Waals surface area contributed by atoms with Crippen LogP contribution < -0.4 is 11.1 Å². The van der Waals surface area contributed by atoms with Gasteiger partial charge in [0.05, 0.1) is 17.6 Å². The van der Waals surface area contributed by atoms with Gasteiger partial charge in [0.2, 0.25) is 5.28 Å². The van der Waals surface area contributed by atoms with Crippen molar-refractivity contribution in [2.75, 3.05) is 39.0 Å². The van der Waals surface area contributed by atoms with Gasteiger partial charge in [0.25, 0.3) is 0 Å². The highest BCUT2D eigenvalue weighted by Gasteiger charge is 2.30. The second kappa shape index (κ2) is 13.9. The van der Waals surface area contributed by atoms with Gasteiger partial charge in [0.15, 0.2) is 0 Å². The van der Waals surface area contributed by atoms with E-state index >= 15 is 0 Å². The highest BCUT2D eigenvalue weighted by Crippen LogP contribution is 2.41. The summed E-state index contributed by atoms with van der Waals surface area (Å²) in [6.45, 7) is 7.11. The molecule has 1 saturated carbocycles. The molecular weight excluding hydrogens is 568 g/mol. The number of nitrogen functional groups attached to an aromatic ring is 1. The molecule has 3 heterocycles. The van der Waals surface area contributed by atoms with Gasteiger partial charge >= 0.3 is 0 Å². The van der Waals surface area contributed by atoms with Gasteiger partial charge in [-0.05, 0) is 100 Å². The van der Waals surface area contributed by atoms with E-state index in [9.17, 15) is 0 Å². The summed E-state index contributed by atoms with van der Waals surface area (Å²) in [5, 5.41) is 9.51. The van der Waals surface area contributed by atoms with E-state index in [4.69, 9.17) is 22.4 Å². The minimum Gasteiger partial charge on any atom is -0.383 e. The molecule has 1 unspecified atom stereocenters. The molecule has 3 aromatic heterocycles. The quantitative estimate of drug-likeness (QED) is 0.119. The molecule has 0 amide bonds. The van der Waals surface area contributed by atoms with Crippen LogP contribution in [0.1, 0.15) is 48.4 Å². The third-order valence-corrected chi connectivity index (χ3v) is 9.03. The minimum atomic E-state index is 0.178. The van der Waals surface area contributed by atoms with Crippen molar-refractivity contribution in [2.24, 2.45) is 5.92 Å². The first kappa shape index (κ1) is 30.3. The lowest BCUT2D eigenvalue weighted by Crippen LogP contribution is -2.28. The number of nitrogens with one attached hydrogen (secondary N) is 1. The second-order valence-electron chi connectivity index (χ2n) is 12.3. The van der Waals surface area contributed by atoms with Crippen molar-refractivity contribution in [3.05, 3.63) is 95.0 Å². The highest BCUT2D eigenvalue weighted by molar-refractivity contribution is 6.29. The van der Waals surface area contributed by atoms with Gasteiger partial charge in [-0.3, -0.25) is 4.68 Å². The monoisotopic (exact) mass is 610 g/mol. The number of hydrogen-bond acceptors (Lipinski definition) is 6. The molecule has 8 nitrogen and oxygen atoms in total. The summed E-state index contributed by atoms with van der Waals surface area (Å²) in [6, 6.07) is 21.6. The number of nitrogens with two attached hydrogens (primary N) is 1. The number of aryl methyl sites for hydroxylation is 1. The molecule has 1 fully saturated rings. The first-order valence-electron chi connectivity index (χ1n) is 15.8.